The van der Waals surface area contributed by atoms with Crippen LogP contribution in [0.1, 0.15) is 44.1 Å². The molecule has 0 bridgehead atoms. The second kappa shape index (κ2) is 6.08. The zero-order chi connectivity index (χ0) is 15.7. The first-order chi connectivity index (χ1) is 10.6. The Morgan fingerprint density at radius 2 is 2.36 bits per heavy atom. The molecular formula is C17H23N3O2. The fourth-order valence-electron chi connectivity index (χ4n) is 3.23. The molecule has 0 saturated carbocycles. The summed E-state index contributed by atoms with van der Waals surface area (Å²) in [6.07, 6.45) is 2.71. The number of imidazole rings is 1. The fraction of sp³-hybridized carbons (Fsp3) is 0.529. The summed E-state index contributed by atoms with van der Waals surface area (Å²) < 4.78 is 0. The monoisotopic (exact) mass is 301 g/mol. The van der Waals surface area contributed by atoms with Crippen LogP contribution in [-0.4, -0.2) is 39.0 Å². The molecule has 5 nitrogen and oxygen atoms in total. The summed E-state index contributed by atoms with van der Waals surface area (Å²) in [5.41, 5.74) is 3.33. The molecule has 2 aromatic rings. The predicted octanol–water partition coefficient (Wildman–Crippen LogP) is 2.98. The number of nitrogens with one attached hydrogen (secondary N) is 1. The quantitative estimate of drug-likeness (QED) is 0.911. The second-order valence-corrected chi connectivity index (χ2v) is 6.18. The average Bonchev–Trinajstić information content (AvgIpc) is 2.97. The van der Waals surface area contributed by atoms with Crippen molar-refractivity contribution in [3.63, 3.8) is 0 Å². The molecule has 1 saturated heterocycles. The number of benzene rings is 1. The maximum Gasteiger partial charge on any atom is 0.307 e. The van der Waals surface area contributed by atoms with Crippen molar-refractivity contribution in [1.29, 1.82) is 0 Å². The molecule has 3 rings (SSSR count). The molecule has 1 aliphatic rings. The van der Waals surface area contributed by atoms with Crippen LogP contribution < -0.4 is 0 Å². The largest absolute Gasteiger partial charge is 0.481 e. The third kappa shape index (κ3) is 2.86. The SMILES string of the molecule is CCc1ccc2nc(C(C)N3CCCC(C(=O)O)C3)[nH]c2c1. The van der Waals surface area contributed by atoms with E-state index in [1.165, 1.54) is 5.56 Å². The molecule has 0 amide bonds. The lowest BCUT2D eigenvalue weighted by atomic mass is 9.97. The number of carbonyl (C=O) groups is 1. The van der Waals surface area contributed by atoms with Gasteiger partial charge in [0.2, 0.25) is 0 Å². The number of aromatic amines is 1. The Hall–Kier alpha value is -1.88. The molecule has 2 N–H and O–H groups in total. The first kappa shape index (κ1) is 15.0. The average molecular weight is 301 g/mol. The molecule has 2 heterocycles. The highest BCUT2D eigenvalue weighted by atomic mass is 16.4. The van der Waals surface area contributed by atoms with Gasteiger partial charge in [-0.25, -0.2) is 4.98 Å². The maximum absolute atomic E-state index is 11.2. The molecule has 1 aromatic carbocycles. The van der Waals surface area contributed by atoms with E-state index in [4.69, 9.17) is 0 Å². The van der Waals surface area contributed by atoms with E-state index in [1.807, 2.05) is 0 Å². The number of fused-ring (bicyclic) bond motifs is 1. The van der Waals surface area contributed by atoms with E-state index in [0.29, 0.717) is 6.54 Å². The van der Waals surface area contributed by atoms with Crippen LogP contribution >= 0.6 is 0 Å². The van der Waals surface area contributed by atoms with Crippen molar-refractivity contribution in [3.8, 4) is 0 Å². The van der Waals surface area contributed by atoms with Crippen molar-refractivity contribution in [2.24, 2.45) is 5.92 Å². The lowest BCUT2D eigenvalue weighted by Crippen LogP contribution is -2.40. The minimum absolute atomic E-state index is 0.111. The lowest BCUT2D eigenvalue weighted by molar-refractivity contribution is -0.143. The van der Waals surface area contributed by atoms with E-state index < -0.39 is 5.97 Å². The summed E-state index contributed by atoms with van der Waals surface area (Å²) in [5.74, 6) is -0.0179. The number of piperidine rings is 1. The van der Waals surface area contributed by atoms with Crippen molar-refractivity contribution in [2.75, 3.05) is 13.1 Å². The molecule has 22 heavy (non-hydrogen) atoms. The Kier molecular flexibility index (Phi) is 4.16. The van der Waals surface area contributed by atoms with Gasteiger partial charge in [-0.3, -0.25) is 9.69 Å². The van der Waals surface area contributed by atoms with Crippen molar-refractivity contribution in [1.82, 2.24) is 14.9 Å². The van der Waals surface area contributed by atoms with Crippen LogP contribution in [0.4, 0.5) is 0 Å². The summed E-state index contributed by atoms with van der Waals surface area (Å²) in [4.78, 5) is 21.5. The number of aryl methyl sites for hydroxylation is 1. The molecule has 1 fully saturated rings. The smallest absolute Gasteiger partial charge is 0.307 e. The number of likely N-dealkylation sites (tertiary alicyclic amines) is 1. The highest BCUT2D eigenvalue weighted by molar-refractivity contribution is 5.76. The molecule has 118 valence electrons. The van der Waals surface area contributed by atoms with E-state index in [-0.39, 0.29) is 12.0 Å². The molecule has 1 aliphatic heterocycles. The van der Waals surface area contributed by atoms with Crippen molar-refractivity contribution in [2.45, 2.75) is 39.2 Å². The Morgan fingerprint density at radius 1 is 1.55 bits per heavy atom. The highest BCUT2D eigenvalue weighted by Crippen LogP contribution is 2.27. The van der Waals surface area contributed by atoms with Gasteiger partial charge in [-0.2, -0.15) is 0 Å². The van der Waals surface area contributed by atoms with Crippen LogP contribution in [-0.2, 0) is 11.2 Å². The lowest BCUT2D eigenvalue weighted by Gasteiger charge is -2.34. The highest BCUT2D eigenvalue weighted by Gasteiger charge is 2.29. The zero-order valence-corrected chi connectivity index (χ0v) is 13.2. The predicted molar refractivity (Wildman–Crippen MR) is 85.8 cm³/mol. The molecule has 0 aliphatic carbocycles. The van der Waals surface area contributed by atoms with E-state index in [1.54, 1.807) is 0 Å². The van der Waals surface area contributed by atoms with Gasteiger partial charge in [0.25, 0.3) is 0 Å². The van der Waals surface area contributed by atoms with Gasteiger partial charge in [0.1, 0.15) is 5.82 Å². The molecule has 5 heteroatoms. The first-order valence-corrected chi connectivity index (χ1v) is 8.04. The first-order valence-electron chi connectivity index (χ1n) is 8.04. The van der Waals surface area contributed by atoms with E-state index >= 15 is 0 Å². The van der Waals surface area contributed by atoms with Crippen molar-refractivity contribution in [3.05, 3.63) is 29.6 Å². The Labute approximate surface area is 130 Å². The summed E-state index contributed by atoms with van der Waals surface area (Å²) in [7, 11) is 0. The third-order valence-electron chi connectivity index (χ3n) is 4.72. The molecule has 0 spiro atoms. The van der Waals surface area contributed by atoms with Crippen LogP contribution in [0, 0.1) is 5.92 Å². The molecule has 1 aromatic heterocycles. The molecular weight excluding hydrogens is 278 g/mol. The minimum atomic E-state index is -0.686. The summed E-state index contributed by atoms with van der Waals surface area (Å²) in [6, 6.07) is 6.42. The number of nitrogens with zero attached hydrogens (tertiary/aromatic N) is 2. The van der Waals surface area contributed by atoms with E-state index in [9.17, 15) is 9.90 Å². The van der Waals surface area contributed by atoms with Crippen LogP contribution in [0.15, 0.2) is 18.2 Å². The fourth-order valence-corrected chi connectivity index (χ4v) is 3.23. The van der Waals surface area contributed by atoms with Gasteiger partial charge in [0.15, 0.2) is 0 Å². The summed E-state index contributed by atoms with van der Waals surface area (Å²) >= 11 is 0. The molecule has 0 radical (unpaired) electrons. The van der Waals surface area contributed by atoms with Gasteiger partial charge >= 0.3 is 5.97 Å². The van der Waals surface area contributed by atoms with Gasteiger partial charge < -0.3 is 10.1 Å². The normalized spacial score (nSPS) is 21.1. The maximum atomic E-state index is 11.2. The van der Waals surface area contributed by atoms with Gasteiger partial charge in [-0.1, -0.05) is 13.0 Å². The van der Waals surface area contributed by atoms with Gasteiger partial charge in [-0.05, 0) is 50.4 Å². The standard InChI is InChI=1S/C17H23N3O2/c1-3-12-6-7-14-15(9-12)19-16(18-14)11(2)20-8-4-5-13(10-20)17(21)22/h6-7,9,11,13H,3-5,8,10H2,1-2H3,(H,18,19)(H,21,22). The second-order valence-electron chi connectivity index (χ2n) is 6.18. The number of H-pyrrole nitrogens is 1. The molecule has 2 atom stereocenters. The number of aliphatic carboxylic acids is 1. The Bertz CT molecular complexity index is 680. The number of carboxylic acid groups (broad SMARTS) is 1. The number of rotatable bonds is 4. The number of aromatic nitrogens is 2. The zero-order valence-electron chi connectivity index (χ0n) is 13.2. The third-order valence-corrected chi connectivity index (χ3v) is 4.72. The van der Waals surface area contributed by atoms with Crippen LogP contribution in [0.5, 0.6) is 0 Å². The van der Waals surface area contributed by atoms with Crippen LogP contribution in [0.25, 0.3) is 11.0 Å². The summed E-state index contributed by atoms with van der Waals surface area (Å²) in [6.45, 7) is 5.78. The van der Waals surface area contributed by atoms with E-state index in [2.05, 4.69) is 46.9 Å². The Morgan fingerprint density at radius 3 is 3.09 bits per heavy atom. The van der Waals surface area contributed by atoms with Gasteiger partial charge in [0.05, 0.1) is 23.0 Å². The van der Waals surface area contributed by atoms with Gasteiger partial charge in [0, 0.05) is 6.54 Å². The Balaban J connectivity index is 1.82. The van der Waals surface area contributed by atoms with Crippen molar-refractivity contribution < 1.29 is 9.90 Å². The topological polar surface area (TPSA) is 69.2 Å². The van der Waals surface area contributed by atoms with Crippen LogP contribution in [0.3, 0.4) is 0 Å². The number of carboxylic acids is 1. The minimum Gasteiger partial charge on any atom is -0.481 e. The number of hydrogen-bond donors (Lipinski definition) is 2. The van der Waals surface area contributed by atoms with Gasteiger partial charge in [-0.15, -0.1) is 0 Å². The van der Waals surface area contributed by atoms with E-state index in [0.717, 1.165) is 42.7 Å². The van der Waals surface area contributed by atoms with Crippen LogP contribution in [0.2, 0.25) is 0 Å². The number of hydrogen-bond acceptors (Lipinski definition) is 3. The summed E-state index contributed by atoms with van der Waals surface area (Å²) in [5, 5.41) is 9.23. The molecule has 2 unspecified atom stereocenters. The van der Waals surface area contributed by atoms with Crippen molar-refractivity contribution >= 4 is 17.0 Å².